The van der Waals surface area contributed by atoms with Crippen LogP contribution in [0.2, 0.25) is 0 Å². The summed E-state index contributed by atoms with van der Waals surface area (Å²) in [4.78, 5) is 12.2. The molecule has 1 heterocycles. The Morgan fingerprint density at radius 2 is 2.10 bits per heavy atom. The van der Waals surface area contributed by atoms with Crippen molar-refractivity contribution < 1.29 is 9.53 Å². The summed E-state index contributed by atoms with van der Waals surface area (Å²) in [7, 11) is 0. The molecule has 110 valence electrons. The lowest BCUT2D eigenvalue weighted by molar-refractivity contribution is -0.124. The molecular weight excluding hydrogens is 252 g/mol. The first-order chi connectivity index (χ1) is 9.52. The number of carbonyl (C=O) groups is 1. The summed E-state index contributed by atoms with van der Waals surface area (Å²) in [5.74, 6) is 0.0484. The summed E-state index contributed by atoms with van der Waals surface area (Å²) in [6.45, 7) is 7.87. The van der Waals surface area contributed by atoms with Gasteiger partial charge in [0.2, 0.25) is 5.91 Å². The van der Waals surface area contributed by atoms with E-state index < -0.39 is 0 Å². The minimum Gasteiger partial charge on any atom is -0.374 e. The highest BCUT2D eigenvalue weighted by Gasteiger charge is 2.26. The number of ether oxygens (including phenoxy) is 1. The maximum absolute atomic E-state index is 12.2. The molecule has 1 amide bonds. The number of amides is 1. The molecule has 0 saturated heterocycles. The highest BCUT2D eigenvalue weighted by atomic mass is 16.5. The molecule has 0 aromatic heterocycles. The molecular formula is C16H24N2O2. The summed E-state index contributed by atoms with van der Waals surface area (Å²) in [6, 6.07) is 8.11. The molecule has 0 radical (unpaired) electrons. The van der Waals surface area contributed by atoms with Crippen molar-refractivity contribution in [3.8, 4) is 0 Å². The Kier molecular flexibility index (Phi) is 4.78. The summed E-state index contributed by atoms with van der Waals surface area (Å²) >= 11 is 0. The highest BCUT2D eigenvalue weighted by molar-refractivity contribution is 5.82. The smallest absolute Gasteiger partial charge is 0.237 e. The van der Waals surface area contributed by atoms with Gasteiger partial charge in [-0.2, -0.15) is 0 Å². The molecule has 4 nitrogen and oxygen atoms in total. The zero-order chi connectivity index (χ0) is 14.6. The van der Waals surface area contributed by atoms with Gasteiger partial charge in [-0.15, -0.1) is 0 Å². The maximum Gasteiger partial charge on any atom is 0.237 e. The van der Waals surface area contributed by atoms with Crippen molar-refractivity contribution in [3.63, 3.8) is 0 Å². The summed E-state index contributed by atoms with van der Waals surface area (Å²) in [5.41, 5.74) is 2.22. The van der Waals surface area contributed by atoms with Crippen molar-refractivity contribution in [2.75, 3.05) is 13.2 Å². The molecule has 1 aromatic rings. The van der Waals surface area contributed by atoms with E-state index in [4.69, 9.17) is 4.74 Å². The largest absolute Gasteiger partial charge is 0.374 e. The standard InChI is InChI=1S/C16H24N2O2/c1-4-20-16(2,3)11-18-15(19)14-9-12-7-5-6-8-13(12)10-17-14/h5-8,14,17H,4,9-11H2,1-3H3,(H,18,19)/t14-/m0/s1. The van der Waals surface area contributed by atoms with Gasteiger partial charge in [0, 0.05) is 19.7 Å². The fraction of sp³-hybridized carbons (Fsp3) is 0.562. The van der Waals surface area contributed by atoms with E-state index in [9.17, 15) is 4.79 Å². The van der Waals surface area contributed by atoms with Crippen LogP contribution in [0.5, 0.6) is 0 Å². The van der Waals surface area contributed by atoms with Crippen LogP contribution in [0.25, 0.3) is 0 Å². The third-order valence-electron chi connectivity index (χ3n) is 3.62. The van der Waals surface area contributed by atoms with Crippen LogP contribution < -0.4 is 10.6 Å². The second-order valence-corrected chi connectivity index (χ2v) is 5.82. The van der Waals surface area contributed by atoms with E-state index in [0.29, 0.717) is 13.2 Å². The predicted octanol–water partition coefficient (Wildman–Crippen LogP) is 1.63. The quantitative estimate of drug-likeness (QED) is 0.859. The van der Waals surface area contributed by atoms with Crippen LogP contribution in [0.4, 0.5) is 0 Å². The lowest BCUT2D eigenvalue weighted by Crippen LogP contribution is -2.51. The molecule has 1 aliphatic heterocycles. The van der Waals surface area contributed by atoms with E-state index in [-0.39, 0.29) is 17.6 Å². The summed E-state index contributed by atoms with van der Waals surface area (Å²) in [6.07, 6.45) is 0.747. The van der Waals surface area contributed by atoms with Crippen LogP contribution in [0.15, 0.2) is 24.3 Å². The first-order valence-corrected chi connectivity index (χ1v) is 7.23. The Labute approximate surface area is 120 Å². The van der Waals surface area contributed by atoms with Crippen LogP contribution in [0.3, 0.4) is 0 Å². The van der Waals surface area contributed by atoms with Gasteiger partial charge in [-0.05, 0) is 38.3 Å². The zero-order valence-corrected chi connectivity index (χ0v) is 12.5. The third kappa shape index (κ3) is 3.81. The lowest BCUT2D eigenvalue weighted by atomic mass is 9.95. The number of rotatable bonds is 5. The molecule has 0 saturated carbocycles. The van der Waals surface area contributed by atoms with Crippen molar-refractivity contribution in [2.45, 2.75) is 45.4 Å². The number of carbonyl (C=O) groups excluding carboxylic acids is 1. The topological polar surface area (TPSA) is 50.4 Å². The van der Waals surface area contributed by atoms with Crippen LogP contribution in [-0.2, 0) is 22.5 Å². The van der Waals surface area contributed by atoms with Gasteiger partial charge in [0.1, 0.15) is 0 Å². The molecule has 4 heteroatoms. The van der Waals surface area contributed by atoms with E-state index in [1.165, 1.54) is 11.1 Å². The number of nitrogens with one attached hydrogen (secondary N) is 2. The van der Waals surface area contributed by atoms with Gasteiger partial charge in [0.25, 0.3) is 0 Å². The fourth-order valence-corrected chi connectivity index (χ4v) is 2.50. The van der Waals surface area contributed by atoms with Gasteiger partial charge in [-0.3, -0.25) is 4.79 Å². The third-order valence-corrected chi connectivity index (χ3v) is 3.62. The Morgan fingerprint density at radius 3 is 2.80 bits per heavy atom. The second kappa shape index (κ2) is 6.37. The molecule has 1 aromatic carbocycles. The molecule has 20 heavy (non-hydrogen) atoms. The predicted molar refractivity (Wildman–Crippen MR) is 79.5 cm³/mol. The SMILES string of the molecule is CCOC(C)(C)CNC(=O)[C@@H]1Cc2ccccc2CN1. The average molecular weight is 276 g/mol. The van der Waals surface area contributed by atoms with Gasteiger partial charge in [-0.25, -0.2) is 0 Å². The van der Waals surface area contributed by atoms with E-state index in [0.717, 1.165) is 13.0 Å². The lowest BCUT2D eigenvalue weighted by Gasteiger charge is -2.28. The molecule has 2 rings (SSSR count). The Morgan fingerprint density at radius 1 is 1.40 bits per heavy atom. The molecule has 1 atom stereocenters. The molecule has 0 bridgehead atoms. The van der Waals surface area contributed by atoms with Crippen molar-refractivity contribution in [3.05, 3.63) is 35.4 Å². The zero-order valence-electron chi connectivity index (χ0n) is 12.5. The minimum absolute atomic E-state index is 0.0484. The molecule has 0 spiro atoms. The highest BCUT2D eigenvalue weighted by Crippen LogP contribution is 2.16. The van der Waals surface area contributed by atoms with Gasteiger partial charge >= 0.3 is 0 Å². The number of hydrogen-bond donors (Lipinski definition) is 2. The van der Waals surface area contributed by atoms with Gasteiger partial charge < -0.3 is 15.4 Å². The first kappa shape index (κ1) is 15.0. The van der Waals surface area contributed by atoms with Gasteiger partial charge in [0.15, 0.2) is 0 Å². The first-order valence-electron chi connectivity index (χ1n) is 7.23. The van der Waals surface area contributed by atoms with Crippen LogP contribution in [0, 0.1) is 0 Å². The monoisotopic (exact) mass is 276 g/mol. The van der Waals surface area contributed by atoms with Crippen molar-refractivity contribution >= 4 is 5.91 Å². The molecule has 0 aliphatic carbocycles. The molecule has 0 fully saturated rings. The van der Waals surface area contributed by atoms with Crippen LogP contribution in [0.1, 0.15) is 31.9 Å². The van der Waals surface area contributed by atoms with Gasteiger partial charge in [-0.1, -0.05) is 24.3 Å². The van der Waals surface area contributed by atoms with Crippen LogP contribution in [-0.4, -0.2) is 30.7 Å². The van der Waals surface area contributed by atoms with Crippen molar-refractivity contribution in [2.24, 2.45) is 0 Å². The van der Waals surface area contributed by atoms with Crippen molar-refractivity contribution in [1.82, 2.24) is 10.6 Å². The van der Waals surface area contributed by atoms with E-state index in [2.05, 4.69) is 22.8 Å². The minimum atomic E-state index is -0.322. The fourth-order valence-electron chi connectivity index (χ4n) is 2.50. The number of benzene rings is 1. The van der Waals surface area contributed by atoms with E-state index in [1.807, 2.05) is 32.9 Å². The summed E-state index contributed by atoms with van der Waals surface area (Å²) in [5, 5.41) is 6.27. The Hall–Kier alpha value is -1.39. The normalized spacial score (nSPS) is 18.4. The van der Waals surface area contributed by atoms with Crippen molar-refractivity contribution in [1.29, 1.82) is 0 Å². The average Bonchev–Trinajstić information content (AvgIpc) is 2.44. The van der Waals surface area contributed by atoms with Crippen LogP contribution >= 0.6 is 0 Å². The number of fused-ring (bicyclic) bond motifs is 1. The summed E-state index contributed by atoms with van der Waals surface area (Å²) < 4.78 is 5.59. The van der Waals surface area contributed by atoms with E-state index in [1.54, 1.807) is 0 Å². The molecule has 2 N–H and O–H groups in total. The Balaban J connectivity index is 1.89. The maximum atomic E-state index is 12.2. The molecule has 0 unspecified atom stereocenters. The van der Waals surface area contributed by atoms with Gasteiger partial charge in [0.05, 0.1) is 11.6 Å². The van der Waals surface area contributed by atoms with E-state index >= 15 is 0 Å². The second-order valence-electron chi connectivity index (χ2n) is 5.82. The molecule has 1 aliphatic rings. The number of hydrogen-bond acceptors (Lipinski definition) is 3. The Bertz CT molecular complexity index is 471.